The van der Waals surface area contributed by atoms with Gasteiger partial charge in [-0.15, -0.1) is 11.8 Å². The average Bonchev–Trinajstić information content (AvgIpc) is 2.40. The second-order valence-corrected chi connectivity index (χ2v) is 6.14. The molecule has 0 saturated heterocycles. The molecule has 2 rings (SSSR count). The summed E-state index contributed by atoms with van der Waals surface area (Å²) in [7, 11) is 0. The van der Waals surface area contributed by atoms with E-state index in [0.29, 0.717) is 0 Å². The van der Waals surface area contributed by atoms with Crippen LogP contribution in [0, 0.1) is 13.8 Å². The predicted octanol–water partition coefficient (Wildman–Crippen LogP) is 3.88. The summed E-state index contributed by atoms with van der Waals surface area (Å²) in [6, 6.07) is 10.8. The first-order valence-electron chi connectivity index (χ1n) is 6.47. The smallest absolute Gasteiger partial charge is 0.0493 e. The van der Waals surface area contributed by atoms with Crippen molar-refractivity contribution in [1.29, 1.82) is 0 Å². The van der Waals surface area contributed by atoms with Gasteiger partial charge < -0.3 is 5.73 Å². The minimum Gasteiger partial charge on any atom is -0.327 e. The lowest BCUT2D eigenvalue weighted by Crippen LogP contribution is -2.22. The van der Waals surface area contributed by atoms with Crippen LogP contribution in [-0.2, 0) is 0 Å². The van der Waals surface area contributed by atoms with Crippen molar-refractivity contribution in [2.75, 3.05) is 0 Å². The molecular formula is C16H20N2S. The molecule has 0 amide bonds. The van der Waals surface area contributed by atoms with Crippen LogP contribution < -0.4 is 5.73 Å². The molecule has 1 aromatic heterocycles. The van der Waals surface area contributed by atoms with Gasteiger partial charge in [0.2, 0.25) is 0 Å². The quantitative estimate of drug-likeness (QED) is 0.858. The van der Waals surface area contributed by atoms with E-state index in [1.165, 1.54) is 21.6 Å². The van der Waals surface area contributed by atoms with Crippen LogP contribution in [0.3, 0.4) is 0 Å². The van der Waals surface area contributed by atoms with Crippen LogP contribution in [0.1, 0.15) is 28.9 Å². The van der Waals surface area contributed by atoms with Gasteiger partial charge in [-0.1, -0.05) is 6.07 Å². The first-order valence-corrected chi connectivity index (χ1v) is 7.35. The maximum Gasteiger partial charge on any atom is 0.0493 e. The van der Waals surface area contributed by atoms with Crippen LogP contribution in [0.15, 0.2) is 47.6 Å². The molecule has 0 saturated carbocycles. The third-order valence-corrected chi connectivity index (χ3v) is 4.74. The molecule has 2 aromatic rings. The van der Waals surface area contributed by atoms with Crippen molar-refractivity contribution in [1.82, 2.24) is 4.98 Å². The number of pyridine rings is 1. The molecule has 0 aliphatic carbocycles. The maximum absolute atomic E-state index is 6.14. The summed E-state index contributed by atoms with van der Waals surface area (Å²) in [4.78, 5) is 5.34. The van der Waals surface area contributed by atoms with E-state index in [4.69, 9.17) is 5.73 Å². The van der Waals surface area contributed by atoms with Gasteiger partial charge in [0.1, 0.15) is 0 Å². The lowest BCUT2D eigenvalue weighted by atomic mass is 10.1. The molecule has 0 aliphatic heterocycles. The van der Waals surface area contributed by atoms with Crippen LogP contribution in [0.25, 0.3) is 0 Å². The van der Waals surface area contributed by atoms with E-state index < -0.39 is 0 Å². The van der Waals surface area contributed by atoms with Gasteiger partial charge in [0.15, 0.2) is 0 Å². The molecule has 2 atom stereocenters. The minimum absolute atomic E-state index is 0.0917. The van der Waals surface area contributed by atoms with Crippen molar-refractivity contribution >= 4 is 11.8 Å². The normalized spacial score (nSPS) is 14.1. The number of rotatable bonds is 4. The highest BCUT2D eigenvalue weighted by atomic mass is 32.2. The third-order valence-electron chi connectivity index (χ3n) is 3.25. The Labute approximate surface area is 119 Å². The van der Waals surface area contributed by atoms with Gasteiger partial charge in [0, 0.05) is 28.6 Å². The number of aromatic nitrogens is 1. The maximum atomic E-state index is 6.14. The molecule has 100 valence electrons. The Morgan fingerprint density at radius 3 is 2.32 bits per heavy atom. The van der Waals surface area contributed by atoms with E-state index in [2.05, 4.69) is 44.0 Å². The third kappa shape index (κ3) is 3.58. The Morgan fingerprint density at radius 2 is 1.74 bits per heavy atom. The zero-order chi connectivity index (χ0) is 13.8. The van der Waals surface area contributed by atoms with Crippen molar-refractivity contribution in [3.63, 3.8) is 0 Å². The van der Waals surface area contributed by atoms with Gasteiger partial charge in [-0.25, -0.2) is 0 Å². The van der Waals surface area contributed by atoms with Crippen molar-refractivity contribution < 1.29 is 0 Å². The molecule has 0 fully saturated rings. The SMILES string of the molecule is Cc1ccc(SC(c2ccncc2)C(C)N)cc1C. The first kappa shape index (κ1) is 14.1. The second kappa shape index (κ2) is 6.22. The Bertz CT molecular complexity index is 538. The summed E-state index contributed by atoms with van der Waals surface area (Å²) < 4.78 is 0. The Kier molecular flexibility index (Phi) is 4.61. The Morgan fingerprint density at radius 1 is 1.05 bits per heavy atom. The highest BCUT2D eigenvalue weighted by molar-refractivity contribution is 7.99. The number of benzene rings is 1. The van der Waals surface area contributed by atoms with Crippen molar-refractivity contribution in [3.05, 3.63) is 59.4 Å². The van der Waals surface area contributed by atoms with E-state index >= 15 is 0 Å². The molecular weight excluding hydrogens is 252 g/mol. The van der Waals surface area contributed by atoms with Crippen LogP contribution in [0.5, 0.6) is 0 Å². The molecule has 0 radical (unpaired) electrons. The molecule has 2 unspecified atom stereocenters. The molecule has 19 heavy (non-hydrogen) atoms. The predicted molar refractivity (Wildman–Crippen MR) is 82.4 cm³/mol. The largest absolute Gasteiger partial charge is 0.327 e. The topological polar surface area (TPSA) is 38.9 Å². The number of nitrogens with zero attached hydrogens (tertiary/aromatic N) is 1. The van der Waals surface area contributed by atoms with Gasteiger partial charge in [-0.3, -0.25) is 4.98 Å². The Balaban J connectivity index is 2.24. The summed E-state index contributed by atoms with van der Waals surface area (Å²) in [5, 5.41) is 0.255. The number of hydrogen-bond acceptors (Lipinski definition) is 3. The summed E-state index contributed by atoms with van der Waals surface area (Å²) >= 11 is 1.82. The average molecular weight is 272 g/mol. The van der Waals surface area contributed by atoms with Gasteiger partial charge in [-0.2, -0.15) is 0 Å². The first-order chi connectivity index (χ1) is 9.08. The van der Waals surface area contributed by atoms with E-state index in [-0.39, 0.29) is 11.3 Å². The fourth-order valence-electron chi connectivity index (χ4n) is 1.97. The molecule has 1 aromatic carbocycles. The van der Waals surface area contributed by atoms with Crippen molar-refractivity contribution in [3.8, 4) is 0 Å². The molecule has 1 heterocycles. The van der Waals surface area contributed by atoms with Crippen LogP contribution in [0.4, 0.5) is 0 Å². The zero-order valence-corrected chi connectivity index (χ0v) is 12.4. The molecule has 0 bridgehead atoms. The van der Waals surface area contributed by atoms with E-state index in [9.17, 15) is 0 Å². The van der Waals surface area contributed by atoms with Gasteiger partial charge in [0.05, 0.1) is 0 Å². The lowest BCUT2D eigenvalue weighted by Gasteiger charge is -2.21. The van der Waals surface area contributed by atoms with E-state index in [1.54, 1.807) is 0 Å². The molecule has 3 heteroatoms. The van der Waals surface area contributed by atoms with E-state index in [0.717, 1.165) is 0 Å². The molecule has 2 N–H and O–H groups in total. The highest BCUT2D eigenvalue weighted by Crippen LogP contribution is 2.37. The highest BCUT2D eigenvalue weighted by Gasteiger charge is 2.17. The zero-order valence-electron chi connectivity index (χ0n) is 11.6. The fraction of sp³-hybridized carbons (Fsp3) is 0.312. The Hall–Kier alpha value is -1.32. The van der Waals surface area contributed by atoms with Gasteiger partial charge in [-0.05, 0) is 61.7 Å². The van der Waals surface area contributed by atoms with Gasteiger partial charge >= 0.3 is 0 Å². The molecule has 0 spiro atoms. The van der Waals surface area contributed by atoms with Gasteiger partial charge in [0.25, 0.3) is 0 Å². The molecule has 0 aliphatic rings. The van der Waals surface area contributed by atoms with E-state index in [1.807, 2.05) is 36.3 Å². The summed E-state index contributed by atoms with van der Waals surface area (Å²) in [6.45, 7) is 6.33. The standard InChI is InChI=1S/C16H20N2S/c1-11-4-5-15(10-12(11)2)19-16(13(3)17)14-6-8-18-9-7-14/h4-10,13,16H,17H2,1-3H3. The summed E-state index contributed by atoms with van der Waals surface area (Å²) in [6.07, 6.45) is 3.65. The number of nitrogens with two attached hydrogens (primary N) is 1. The summed E-state index contributed by atoms with van der Waals surface area (Å²) in [5.41, 5.74) is 10.0. The second-order valence-electron chi connectivity index (χ2n) is 4.92. The lowest BCUT2D eigenvalue weighted by molar-refractivity contribution is 0.720. The van der Waals surface area contributed by atoms with Crippen LogP contribution in [-0.4, -0.2) is 11.0 Å². The van der Waals surface area contributed by atoms with Crippen LogP contribution in [0.2, 0.25) is 0 Å². The number of hydrogen-bond donors (Lipinski definition) is 1. The van der Waals surface area contributed by atoms with Crippen molar-refractivity contribution in [2.24, 2.45) is 5.73 Å². The molecule has 2 nitrogen and oxygen atoms in total. The summed E-state index contributed by atoms with van der Waals surface area (Å²) in [5.74, 6) is 0. The number of thioether (sulfide) groups is 1. The number of aryl methyl sites for hydroxylation is 2. The van der Waals surface area contributed by atoms with Crippen molar-refractivity contribution in [2.45, 2.75) is 37.0 Å². The monoisotopic (exact) mass is 272 g/mol. The minimum atomic E-state index is 0.0917. The fourth-order valence-corrected chi connectivity index (χ4v) is 3.16. The van der Waals surface area contributed by atoms with Crippen LogP contribution >= 0.6 is 11.8 Å².